The van der Waals surface area contributed by atoms with Crippen molar-refractivity contribution in [1.82, 2.24) is 0 Å². The number of allylic oxidation sites excluding steroid dienone is 4. The summed E-state index contributed by atoms with van der Waals surface area (Å²) in [6.45, 7) is 3.98. The zero-order chi connectivity index (χ0) is 18.8. The van der Waals surface area contributed by atoms with Crippen LogP contribution in [0.15, 0.2) is 24.3 Å². The SMILES string of the molecule is C/C=C\C(=O)C(CCCCCC/C=C\CCCCCCCC)C(=O)O. The standard InChI is InChI=1S/C22H38O3/c1-3-5-6-7-8-9-10-11-12-13-14-15-16-17-19-20(22(24)25)21(23)18-4-2/h4,11-12,18,20H,3,5-10,13-17,19H2,1-2H3,(H,24,25)/b12-11-,18-4-. The largest absolute Gasteiger partial charge is 0.481 e. The van der Waals surface area contributed by atoms with E-state index in [-0.39, 0.29) is 5.78 Å². The molecule has 0 amide bonds. The van der Waals surface area contributed by atoms with Gasteiger partial charge in [0.05, 0.1) is 0 Å². The number of carboxylic acids is 1. The number of hydrogen-bond acceptors (Lipinski definition) is 2. The number of hydrogen-bond donors (Lipinski definition) is 1. The molecule has 0 radical (unpaired) electrons. The van der Waals surface area contributed by atoms with E-state index in [1.807, 2.05) is 0 Å². The number of aliphatic carboxylic acids is 1. The first-order valence-corrected chi connectivity index (χ1v) is 10.2. The summed E-state index contributed by atoms with van der Waals surface area (Å²) in [5.74, 6) is -2.15. The molecular formula is C22H38O3. The zero-order valence-corrected chi connectivity index (χ0v) is 16.3. The molecule has 0 aliphatic heterocycles. The Bertz CT molecular complexity index is 396. The van der Waals surface area contributed by atoms with Crippen LogP contribution in [0.25, 0.3) is 0 Å². The fourth-order valence-electron chi connectivity index (χ4n) is 2.91. The highest BCUT2D eigenvalue weighted by atomic mass is 16.4. The van der Waals surface area contributed by atoms with Gasteiger partial charge < -0.3 is 5.11 Å². The van der Waals surface area contributed by atoms with Gasteiger partial charge in [-0.2, -0.15) is 0 Å². The molecule has 0 spiro atoms. The van der Waals surface area contributed by atoms with E-state index >= 15 is 0 Å². The lowest BCUT2D eigenvalue weighted by Gasteiger charge is -2.08. The van der Waals surface area contributed by atoms with Crippen LogP contribution in [0.1, 0.15) is 97.3 Å². The first-order valence-electron chi connectivity index (χ1n) is 10.2. The molecule has 0 bridgehead atoms. The van der Waals surface area contributed by atoms with Gasteiger partial charge in [-0.3, -0.25) is 9.59 Å². The van der Waals surface area contributed by atoms with E-state index in [9.17, 15) is 9.59 Å². The van der Waals surface area contributed by atoms with Gasteiger partial charge in [0.15, 0.2) is 5.78 Å². The number of carboxylic acid groups (broad SMARTS) is 1. The van der Waals surface area contributed by atoms with Crippen LogP contribution in [-0.2, 0) is 9.59 Å². The van der Waals surface area contributed by atoms with Crippen molar-refractivity contribution in [3.63, 3.8) is 0 Å². The van der Waals surface area contributed by atoms with Gasteiger partial charge in [-0.25, -0.2) is 0 Å². The monoisotopic (exact) mass is 350 g/mol. The maximum atomic E-state index is 11.7. The van der Waals surface area contributed by atoms with E-state index in [2.05, 4.69) is 19.1 Å². The summed E-state index contributed by atoms with van der Waals surface area (Å²) in [6.07, 6.45) is 22.4. The van der Waals surface area contributed by atoms with Crippen molar-refractivity contribution in [2.75, 3.05) is 0 Å². The van der Waals surface area contributed by atoms with Gasteiger partial charge in [-0.15, -0.1) is 0 Å². The number of carbonyl (C=O) groups excluding carboxylic acids is 1. The second-order valence-corrected chi connectivity index (χ2v) is 6.81. The van der Waals surface area contributed by atoms with Crippen molar-refractivity contribution in [3.8, 4) is 0 Å². The van der Waals surface area contributed by atoms with Gasteiger partial charge in [-0.1, -0.05) is 76.5 Å². The van der Waals surface area contributed by atoms with Crippen LogP contribution in [0, 0.1) is 5.92 Å². The molecule has 0 aliphatic rings. The Kier molecular flexibility index (Phi) is 16.5. The lowest BCUT2D eigenvalue weighted by atomic mass is 9.96. The van der Waals surface area contributed by atoms with Crippen LogP contribution >= 0.6 is 0 Å². The van der Waals surface area contributed by atoms with Crippen LogP contribution in [0.2, 0.25) is 0 Å². The average Bonchev–Trinajstić information content (AvgIpc) is 2.58. The van der Waals surface area contributed by atoms with Crippen LogP contribution in [0.4, 0.5) is 0 Å². The number of unbranched alkanes of at least 4 members (excludes halogenated alkanes) is 10. The predicted octanol–water partition coefficient (Wildman–Crippen LogP) is 6.48. The fraction of sp³-hybridized carbons (Fsp3) is 0.727. The Morgan fingerprint density at radius 2 is 1.36 bits per heavy atom. The van der Waals surface area contributed by atoms with E-state index in [1.54, 1.807) is 13.0 Å². The molecule has 0 rings (SSSR count). The summed E-state index contributed by atoms with van der Waals surface area (Å²) >= 11 is 0. The molecule has 1 atom stereocenters. The average molecular weight is 351 g/mol. The van der Waals surface area contributed by atoms with E-state index in [0.717, 1.165) is 32.1 Å². The summed E-state index contributed by atoms with van der Waals surface area (Å²) in [6, 6.07) is 0. The van der Waals surface area contributed by atoms with Crippen molar-refractivity contribution in [2.24, 2.45) is 5.92 Å². The highest BCUT2D eigenvalue weighted by molar-refractivity contribution is 6.04. The normalized spacial score (nSPS) is 12.9. The Labute approximate surface area is 154 Å². The van der Waals surface area contributed by atoms with Crippen molar-refractivity contribution < 1.29 is 14.7 Å². The minimum Gasteiger partial charge on any atom is -0.481 e. The van der Waals surface area contributed by atoms with Gasteiger partial charge >= 0.3 is 5.97 Å². The van der Waals surface area contributed by atoms with Crippen LogP contribution in [-0.4, -0.2) is 16.9 Å². The molecule has 3 heteroatoms. The Balaban J connectivity index is 3.55. The summed E-state index contributed by atoms with van der Waals surface area (Å²) < 4.78 is 0. The minimum atomic E-state index is -0.999. The summed E-state index contributed by atoms with van der Waals surface area (Å²) in [5.41, 5.74) is 0. The first kappa shape index (κ1) is 23.6. The van der Waals surface area contributed by atoms with Crippen molar-refractivity contribution in [2.45, 2.75) is 97.3 Å². The Hall–Kier alpha value is -1.38. The smallest absolute Gasteiger partial charge is 0.314 e. The molecule has 144 valence electrons. The van der Waals surface area contributed by atoms with Gasteiger partial charge in [0.1, 0.15) is 5.92 Å². The number of ketones is 1. The van der Waals surface area contributed by atoms with Crippen molar-refractivity contribution in [1.29, 1.82) is 0 Å². The van der Waals surface area contributed by atoms with Gasteiger partial charge in [0.25, 0.3) is 0 Å². The van der Waals surface area contributed by atoms with E-state index in [4.69, 9.17) is 5.11 Å². The highest BCUT2D eigenvalue weighted by Crippen LogP contribution is 2.14. The molecule has 0 aromatic heterocycles. The lowest BCUT2D eigenvalue weighted by Crippen LogP contribution is -2.22. The quantitative estimate of drug-likeness (QED) is 0.141. The molecule has 0 aromatic carbocycles. The van der Waals surface area contributed by atoms with E-state index in [1.165, 1.54) is 51.0 Å². The topological polar surface area (TPSA) is 54.4 Å². The molecule has 0 saturated heterocycles. The second kappa shape index (κ2) is 17.4. The Morgan fingerprint density at radius 3 is 1.88 bits per heavy atom. The molecule has 1 unspecified atom stereocenters. The maximum absolute atomic E-state index is 11.7. The molecule has 0 aromatic rings. The fourth-order valence-corrected chi connectivity index (χ4v) is 2.91. The van der Waals surface area contributed by atoms with Crippen LogP contribution in [0.5, 0.6) is 0 Å². The first-order chi connectivity index (χ1) is 12.1. The molecule has 3 nitrogen and oxygen atoms in total. The second-order valence-electron chi connectivity index (χ2n) is 6.81. The third-order valence-electron chi connectivity index (χ3n) is 4.48. The van der Waals surface area contributed by atoms with Gasteiger partial charge in [-0.05, 0) is 45.1 Å². The molecule has 1 N–H and O–H groups in total. The molecular weight excluding hydrogens is 312 g/mol. The molecule has 0 heterocycles. The number of carbonyl (C=O) groups is 2. The minimum absolute atomic E-state index is 0.285. The summed E-state index contributed by atoms with van der Waals surface area (Å²) in [4.78, 5) is 22.8. The van der Waals surface area contributed by atoms with Gasteiger partial charge in [0, 0.05) is 0 Å². The summed E-state index contributed by atoms with van der Waals surface area (Å²) in [5, 5.41) is 9.11. The molecule has 0 saturated carbocycles. The zero-order valence-electron chi connectivity index (χ0n) is 16.3. The third kappa shape index (κ3) is 14.7. The van der Waals surface area contributed by atoms with Crippen molar-refractivity contribution >= 4 is 11.8 Å². The van der Waals surface area contributed by atoms with Crippen molar-refractivity contribution in [3.05, 3.63) is 24.3 Å². The highest BCUT2D eigenvalue weighted by Gasteiger charge is 2.22. The Morgan fingerprint density at radius 1 is 0.840 bits per heavy atom. The molecule has 0 aliphatic carbocycles. The van der Waals surface area contributed by atoms with Crippen LogP contribution < -0.4 is 0 Å². The van der Waals surface area contributed by atoms with E-state index in [0.29, 0.717) is 6.42 Å². The lowest BCUT2D eigenvalue weighted by molar-refractivity contribution is -0.145. The summed E-state index contributed by atoms with van der Waals surface area (Å²) in [7, 11) is 0. The predicted molar refractivity (Wildman–Crippen MR) is 106 cm³/mol. The van der Waals surface area contributed by atoms with E-state index < -0.39 is 11.9 Å². The third-order valence-corrected chi connectivity index (χ3v) is 4.48. The maximum Gasteiger partial charge on any atom is 0.314 e. The molecule has 0 fully saturated rings. The molecule has 25 heavy (non-hydrogen) atoms. The van der Waals surface area contributed by atoms with Gasteiger partial charge in [0.2, 0.25) is 0 Å². The number of rotatable bonds is 17. The van der Waals surface area contributed by atoms with Crippen LogP contribution in [0.3, 0.4) is 0 Å².